The zero-order chi connectivity index (χ0) is 17.2. The van der Waals surface area contributed by atoms with Crippen LogP contribution < -0.4 is 0 Å². The van der Waals surface area contributed by atoms with Crippen LogP contribution in [0.5, 0.6) is 0 Å². The Morgan fingerprint density at radius 2 is 1.88 bits per heavy atom. The normalized spacial score (nSPS) is 19.5. The molecule has 2 aliphatic rings. The molecule has 1 amide bonds. The number of hydrogen-bond acceptors (Lipinski definition) is 4. The molecule has 0 saturated carbocycles. The minimum atomic E-state index is 0. The monoisotopic (exact) mass is 377 g/mol. The summed E-state index contributed by atoms with van der Waals surface area (Å²) in [6.07, 6.45) is 7.57. The number of carbonyl (C=O) groups excluding carboxylic acids is 1. The van der Waals surface area contributed by atoms with E-state index in [0.717, 1.165) is 55.7 Å². The molecule has 0 atom stereocenters. The number of piperidine rings is 2. The van der Waals surface area contributed by atoms with Crippen LogP contribution in [0.4, 0.5) is 0 Å². The number of aryl methyl sites for hydroxylation is 1. The van der Waals surface area contributed by atoms with E-state index >= 15 is 0 Å². The molecule has 142 valence electrons. The van der Waals surface area contributed by atoms with Crippen LogP contribution >= 0.6 is 12.4 Å². The first kappa shape index (κ1) is 19.1. The van der Waals surface area contributed by atoms with Crippen molar-refractivity contribution in [3.05, 3.63) is 24.0 Å². The molecule has 0 N–H and O–H groups in total. The van der Waals surface area contributed by atoms with E-state index < -0.39 is 0 Å². The molecule has 0 radical (unpaired) electrons. The molecular weight excluding hydrogens is 350 g/mol. The lowest BCUT2D eigenvalue weighted by molar-refractivity contribution is -0.133. The van der Waals surface area contributed by atoms with Crippen LogP contribution in [-0.4, -0.2) is 63.2 Å². The van der Waals surface area contributed by atoms with Gasteiger partial charge in [-0.1, -0.05) is 6.42 Å². The number of likely N-dealkylation sites (tertiary alicyclic amines) is 2. The molecule has 2 fully saturated rings. The smallest absolute Gasteiger partial charge is 0.236 e. The van der Waals surface area contributed by atoms with E-state index in [9.17, 15) is 4.79 Å². The molecule has 4 rings (SSSR count). The molecule has 0 aromatic carbocycles. The Morgan fingerprint density at radius 3 is 2.62 bits per heavy atom. The second kappa shape index (κ2) is 8.35. The van der Waals surface area contributed by atoms with Crippen LogP contribution in [0.25, 0.3) is 11.0 Å². The summed E-state index contributed by atoms with van der Waals surface area (Å²) in [6.45, 7) is 4.44. The Balaban J connectivity index is 0.00000196. The van der Waals surface area contributed by atoms with Crippen LogP contribution in [0.1, 0.15) is 43.7 Å². The minimum absolute atomic E-state index is 0. The molecule has 0 aliphatic carbocycles. The molecular formula is C19H28ClN5O. The number of hydrogen-bond donors (Lipinski definition) is 0. The average Bonchev–Trinajstić information content (AvgIpc) is 3.00. The molecule has 7 heteroatoms. The predicted octanol–water partition coefficient (Wildman–Crippen LogP) is 2.58. The SMILES string of the molecule is Cl.Cn1nc(C2CCN(C(=O)CN3CCCCC3)CC2)c2cccnc21. The van der Waals surface area contributed by atoms with Gasteiger partial charge in [-0.15, -0.1) is 12.4 Å². The summed E-state index contributed by atoms with van der Waals surface area (Å²) in [5.74, 6) is 0.722. The number of carbonyl (C=O) groups is 1. The highest BCUT2D eigenvalue weighted by Crippen LogP contribution is 2.31. The van der Waals surface area contributed by atoms with Crippen molar-refractivity contribution in [3.8, 4) is 0 Å². The summed E-state index contributed by atoms with van der Waals surface area (Å²) in [5.41, 5.74) is 2.09. The van der Waals surface area contributed by atoms with Gasteiger partial charge < -0.3 is 4.90 Å². The average molecular weight is 378 g/mol. The van der Waals surface area contributed by atoms with Crippen molar-refractivity contribution in [1.29, 1.82) is 0 Å². The van der Waals surface area contributed by atoms with E-state index in [0.29, 0.717) is 18.4 Å². The van der Waals surface area contributed by atoms with Gasteiger partial charge in [-0.2, -0.15) is 5.10 Å². The van der Waals surface area contributed by atoms with Crippen molar-refractivity contribution >= 4 is 29.3 Å². The molecule has 2 saturated heterocycles. The van der Waals surface area contributed by atoms with Crippen molar-refractivity contribution < 1.29 is 4.79 Å². The van der Waals surface area contributed by atoms with Gasteiger partial charge in [0, 0.05) is 37.6 Å². The Morgan fingerprint density at radius 1 is 1.15 bits per heavy atom. The zero-order valence-corrected chi connectivity index (χ0v) is 16.2. The topological polar surface area (TPSA) is 54.3 Å². The van der Waals surface area contributed by atoms with Crippen LogP contribution in [0.15, 0.2) is 18.3 Å². The van der Waals surface area contributed by atoms with Gasteiger partial charge in [0.15, 0.2) is 5.65 Å². The Labute approximate surface area is 161 Å². The van der Waals surface area contributed by atoms with Gasteiger partial charge in [0.1, 0.15) is 0 Å². The van der Waals surface area contributed by atoms with Gasteiger partial charge in [-0.3, -0.25) is 14.4 Å². The number of amides is 1. The molecule has 2 aromatic rings. The zero-order valence-electron chi connectivity index (χ0n) is 15.4. The molecule has 0 bridgehead atoms. The van der Waals surface area contributed by atoms with E-state index in [4.69, 9.17) is 5.10 Å². The summed E-state index contributed by atoms with van der Waals surface area (Å²) in [4.78, 5) is 21.4. The molecule has 0 spiro atoms. The fourth-order valence-electron chi connectivity index (χ4n) is 4.23. The van der Waals surface area contributed by atoms with Crippen molar-refractivity contribution in [1.82, 2.24) is 24.6 Å². The third-order valence-electron chi connectivity index (χ3n) is 5.67. The molecule has 26 heavy (non-hydrogen) atoms. The van der Waals surface area contributed by atoms with Crippen LogP contribution in [0, 0.1) is 0 Å². The highest BCUT2D eigenvalue weighted by atomic mass is 35.5. The number of rotatable bonds is 3. The van der Waals surface area contributed by atoms with Gasteiger partial charge in [0.2, 0.25) is 5.91 Å². The van der Waals surface area contributed by atoms with E-state index in [1.54, 1.807) is 0 Å². The molecule has 4 heterocycles. The summed E-state index contributed by atoms with van der Waals surface area (Å²) in [6, 6.07) is 4.09. The van der Waals surface area contributed by atoms with Crippen molar-refractivity contribution in [2.45, 2.75) is 38.0 Å². The summed E-state index contributed by atoms with van der Waals surface area (Å²) < 4.78 is 1.87. The van der Waals surface area contributed by atoms with E-state index in [-0.39, 0.29) is 12.4 Å². The molecule has 2 aliphatic heterocycles. The standard InChI is InChI=1S/C19H27N5O.ClH/c1-22-19-16(6-5-9-20-19)18(21-22)15-7-12-24(13-8-15)17(25)14-23-10-3-2-4-11-23;/h5-6,9,15H,2-4,7-8,10-14H2,1H3;1H. The maximum absolute atomic E-state index is 12.6. The maximum Gasteiger partial charge on any atom is 0.236 e. The maximum atomic E-state index is 12.6. The Bertz CT molecular complexity index is 747. The Kier molecular flexibility index (Phi) is 6.14. The van der Waals surface area contributed by atoms with Crippen LogP contribution in [0.3, 0.4) is 0 Å². The molecule has 2 aromatic heterocycles. The number of nitrogens with zero attached hydrogens (tertiary/aromatic N) is 5. The minimum Gasteiger partial charge on any atom is -0.342 e. The van der Waals surface area contributed by atoms with Gasteiger partial charge in [-0.25, -0.2) is 4.98 Å². The summed E-state index contributed by atoms with van der Waals surface area (Å²) in [5, 5.41) is 5.88. The highest BCUT2D eigenvalue weighted by Gasteiger charge is 2.28. The number of fused-ring (bicyclic) bond motifs is 1. The first-order valence-corrected chi connectivity index (χ1v) is 9.50. The third-order valence-corrected chi connectivity index (χ3v) is 5.67. The summed E-state index contributed by atoms with van der Waals surface area (Å²) >= 11 is 0. The lowest BCUT2D eigenvalue weighted by Crippen LogP contribution is -2.45. The first-order chi connectivity index (χ1) is 12.2. The van der Waals surface area contributed by atoms with E-state index in [1.165, 1.54) is 19.3 Å². The lowest BCUT2D eigenvalue weighted by atomic mass is 9.92. The highest BCUT2D eigenvalue weighted by molar-refractivity contribution is 5.85. The summed E-state index contributed by atoms with van der Waals surface area (Å²) in [7, 11) is 1.95. The quantitative estimate of drug-likeness (QED) is 0.825. The fraction of sp³-hybridized carbons (Fsp3) is 0.632. The number of halogens is 1. The Hall–Kier alpha value is -1.66. The predicted molar refractivity (Wildman–Crippen MR) is 105 cm³/mol. The fourth-order valence-corrected chi connectivity index (χ4v) is 4.23. The van der Waals surface area contributed by atoms with Gasteiger partial charge in [0.25, 0.3) is 0 Å². The van der Waals surface area contributed by atoms with E-state index in [1.807, 2.05) is 24.0 Å². The van der Waals surface area contributed by atoms with E-state index in [2.05, 4.69) is 20.9 Å². The number of pyridine rings is 1. The molecule has 6 nitrogen and oxygen atoms in total. The van der Waals surface area contributed by atoms with Crippen LogP contribution in [-0.2, 0) is 11.8 Å². The van der Waals surface area contributed by atoms with Gasteiger partial charge in [0.05, 0.1) is 12.2 Å². The van der Waals surface area contributed by atoms with Crippen LogP contribution in [0.2, 0.25) is 0 Å². The third kappa shape index (κ3) is 3.86. The lowest BCUT2D eigenvalue weighted by Gasteiger charge is -2.34. The second-order valence-corrected chi connectivity index (χ2v) is 7.38. The van der Waals surface area contributed by atoms with Crippen molar-refractivity contribution in [2.24, 2.45) is 7.05 Å². The molecule has 0 unspecified atom stereocenters. The van der Waals surface area contributed by atoms with Gasteiger partial charge >= 0.3 is 0 Å². The van der Waals surface area contributed by atoms with Crippen molar-refractivity contribution in [2.75, 3.05) is 32.7 Å². The second-order valence-electron chi connectivity index (χ2n) is 7.38. The number of aromatic nitrogens is 3. The first-order valence-electron chi connectivity index (χ1n) is 9.50. The van der Waals surface area contributed by atoms with Gasteiger partial charge in [-0.05, 0) is 50.9 Å². The van der Waals surface area contributed by atoms with Crippen molar-refractivity contribution in [3.63, 3.8) is 0 Å². The largest absolute Gasteiger partial charge is 0.342 e.